The molecule has 0 aliphatic heterocycles. The zero-order valence-electron chi connectivity index (χ0n) is 15.5. The van der Waals surface area contributed by atoms with Gasteiger partial charge in [-0.15, -0.1) is 0 Å². The summed E-state index contributed by atoms with van der Waals surface area (Å²) in [5.74, 6) is -0.269. The number of furan rings is 2. The van der Waals surface area contributed by atoms with Crippen LogP contribution in [0.15, 0.2) is 47.0 Å². The van der Waals surface area contributed by atoms with Gasteiger partial charge in [-0.2, -0.15) is 13.2 Å². The number of carbonyl (C=O) groups excluding carboxylic acids is 1. The van der Waals surface area contributed by atoms with Crippen molar-refractivity contribution < 1.29 is 22.4 Å². The van der Waals surface area contributed by atoms with Crippen LogP contribution in [-0.4, -0.2) is 10.9 Å². The highest BCUT2D eigenvalue weighted by atomic mass is 19.4. The number of amides is 1. The van der Waals surface area contributed by atoms with Gasteiger partial charge >= 0.3 is 6.18 Å². The lowest BCUT2D eigenvalue weighted by molar-refractivity contribution is -0.137. The number of nitrogens with zero attached hydrogens (tertiary/aromatic N) is 1. The van der Waals surface area contributed by atoms with E-state index in [1.807, 2.05) is 19.9 Å². The van der Waals surface area contributed by atoms with Crippen LogP contribution in [0.25, 0.3) is 22.3 Å². The molecule has 7 heteroatoms. The van der Waals surface area contributed by atoms with Gasteiger partial charge in [0, 0.05) is 40.2 Å². The summed E-state index contributed by atoms with van der Waals surface area (Å²) in [7, 11) is 0. The van der Waals surface area contributed by atoms with E-state index in [2.05, 4.69) is 10.3 Å². The number of anilines is 1. The molecule has 5 rings (SSSR count). The Labute approximate surface area is 163 Å². The maximum atomic E-state index is 13.1. The number of halogens is 3. The van der Waals surface area contributed by atoms with Crippen molar-refractivity contribution in [2.45, 2.75) is 25.9 Å². The first-order chi connectivity index (χ1) is 13.8. The lowest BCUT2D eigenvalue weighted by Crippen LogP contribution is -2.14. The van der Waals surface area contributed by atoms with E-state index in [1.165, 1.54) is 12.1 Å². The molecule has 4 nitrogen and oxygen atoms in total. The number of fused-ring (bicyclic) bond motifs is 5. The predicted octanol–water partition coefficient (Wildman–Crippen LogP) is 5.98. The Balaban J connectivity index is 1.58. The second-order valence-corrected chi connectivity index (χ2v) is 7.28. The molecule has 3 aromatic heterocycles. The van der Waals surface area contributed by atoms with Crippen molar-refractivity contribution in [3.63, 3.8) is 0 Å². The van der Waals surface area contributed by atoms with Gasteiger partial charge in [-0.25, -0.2) is 0 Å². The Hall–Kier alpha value is -3.35. The zero-order valence-corrected chi connectivity index (χ0v) is 15.5. The van der Waals surface area contributed by atoms with Gasteiger partial charge in [-0.1, -0.05) is 13.0 Å². The van der Waals surface area contributed by atoms with Crippen LogP contribution >= 0.6 is 0 Å². The van der Waals surface area contributed by atoms with E-state index in [9.17, 15) is 18.0 Å². The molecule has 29 heavy (non-hydrogen) atoms. The minimum atomic E-state index is -4.48. The quantitative estimate of drug-likeness (QED) is 0.464. The van der Waals surface area contributed by atoms with E-state index < -0.39 is 17.6 Å². The second-order valence-electron chi connectivity index (χ2n) is 7.28. The van der Waals surface area contributed by atoms with Crippen LogP contribution in [0, 0.1) is 6.92 Å². The van der Waals surface area contributed by atoms with E-state index in [0.29, 0.717) is 22.3 Å². The molecule has 0 saturated carbocycles. The smallest absolute Gasteiger partial charge is 0.416 e. The van der Waals surface area contributed by atoms with Crippen molar-refractivity contribution in [2.24, 2.45) is 0 Å². The number of nitrogens with one attached hydrogen (secondary N) is 1. The first-order valence-corrected chi connectivity index (χ1v) is 9.09. The van der Waals surface area contributed by atoms with E-state index in [1.54, 1.807) is 12.3 Å². The number of pyridine rings is 1. The van der Waals surface area contributed by atoms with Gasteiger partial charge < -0.3 is 9.73 Å². The van der Waals surface area contributed by atoms with Crippen LogP contribution in [-0.2, 0) is 6.18 Å². The van der Waals surface area contributed by atoms with Crippen LogP contribution in [0.5, 0.6) is 0 Å². The zero-order chi connectivity index (χ0) is 20.5. The van der Waals surface area contributed by atoms with Crippen LogP contribution in [0.4, 0.5) is 18.9 Å². The molecule has 4 aromatic rings. The molecule has 1 atom stereocenters. The number of aryl methyl sites for hydroxylation is 1. The molecule has 146 valence electrons. The van der Waals surface area contributed by atoms with Crippen LogP contribution < -0.4 is 5.32 Å². The SMILES string of the molecule is Cc1cc(-c2c(C(=O)Nc3cccc(C(F)(F)F)c3)c3oc2c2c3[C@@H]2C)ccn1. The molecule has 1 amide bonds. The molecule has 1 aliphatic carbocycles. The van der Waals surface area contributed by atoms with Gasteiger partial charge in [0.15, 0.2) is 0 Å². The molecule has 3 heterocycles. The lowest BCUT2D eigenvalue weighted by atomic mass is 9.99. The summed E-state index contributed by atoms with van der Waals surface area (Å²) >= 11 is 0. The minimum absolute atomic E-state index is 0.0778. The first kappa shape index (κ1) is 17.7. The third kappa shape index (κ3) is 2.68. The van der Waals surface area contributed by atoms with Crippen molar-refractivity contribution in [1.82, 2.24) is 4.98 Å². The Morgan fingerprint density at radius 3 is 2.62 bits per heavy atom. The van der Waals surface area contributed by atoms with Gasteiger partial charge in [0.1, 0.15) is 11.2 Å². The standard InChI is InChI=1S/C22H15F3N2O2/c1-10-8-12(6-7-26-10)17-18(20-16-11(2)15(16)19(17)29-20)21(28)27-14-5-3-4-13(9-14)22(23,24)25/h3-9,11H,1-2H3,(H,27,28)/t11-/m1/s1. The molecular formula is C22H15F3N2O2. The summed E-state index contributed by atoms with van der Waals surface area (Å²) in [6.07, 6.45) is -2.83. The van der Waals surface area contributed by atoms with E-state index in [0.717, 1.165) is 34.5 Å². The number of carbonyl (C=O) groups is 1. The van der Waals surface area contributed by atoms with E-state index in [4.69, 9.17) is 4.42 Å². The Morgan fingerprint density at radius 2 is 1.90 bits per heavy atom. The summed E-state index contributed by atoms with van der Waals surface area (Å²) in [4.78, 5) is 17.3. The van der Waals surface area contributed by atoms with Crippen molar-refractivity contribution >= 4 is 22.8 Å². The Morgan fingerprint density at radius 1 is 1.14 bits per heavy atom. The van der Waals surface area contributed by atoms with Crippen molar-refractivity contribution in [1.29, 1.82) is 0 Å². The summed E-state index contributed by atoms with van der Waals surface area (Å²) in [6.45, 7) is 3.89. The number of hydrogen-bond acceptors (Lipinski definition) is 3. The molecule has 1 aromatic carbocycles. The van der Waals surface area contributed by atoms with Crippen molar-refractivity contribution in [3.05, 3.63) is 70.5 Å². The van der Waals surface area contributed by atoms with Gasteiger partial charge in [-0.3, -0.25) is 9.78 Å². The summed E-state index contributed by atoms with van der Waals surface area (Å²) in [5.41, 5.74) is 5.14. The molecule has 0 fully saturated rings. The fraction of sp³-hybridized carbons (Fsp3) is 0.182. The van der Waals surface area contributed by atoms with Gasteiger partial charge in [0.25, 0.3) is 5.91 Å². The number of rotatable bonds is 3. The molecule has 0 saturated heterocycles. The summed E-state index contributed by atoms with van der Waals surface area (Å²) in [6, 6.07) is 8.24. The third-order valence-electron chi connectivity index (χ3n) is 5.33. The molecular weight excluding hydrogens is 381 g/mol. The average Bonchev–Trinajstić information content (AvgIpc) is 3.03. The number of benzene rings is 2. The topological polar surface area (TPSA) is 55.1 Å². The lowest BCUT2D eigenvalue weighted by Gasteiger charge is -2.11. The highest BCUT2D eigenvalue weighted by Gasteiger charge is 2.44. The second kappa shape index (κ2) is 5.83. The van der Waals surface area contributed by atoms with Gasteiger partial charge in [0.2, 0.25) is 0 Å². The van der Waals surface area contributed by atoms with Crippen LogP contribution in [0.2, 0.25) is 0 Å². The van der Waals surface area contributed by atoms with E-state index in [-0.39, 0.29) is 11.6 Å². The highest BCUT2D eigenvalue weighted by Crippen LogP contribution is 2.58. The fourth-order valence-electron chi connectivity index (χ4n) is 3.94. The molecule has 0 spiro atoms. The molecule has 0 radical (unpaired) electrons. The van der Waals surface area contributed by atoms with Gasteiger partial charge in [0.05, 0.1) is 11.1 Å². The summed E-state index contributed by atoms with van der Waals surface area (Å²) in [5, 5.41) is 2.60. The van der Waals surface area contributed by atoms with Gasteiger partial charge in [-0.05, 0) is 42.8 Å². The third-order valence-corrected chi connectivity index (χ3v) is 5.33. The number of aromatic nitrogens is 1. The van der Waals surface area contributed by atoms with Crippen molar-refractivity contribution in [3.8, 4) is 11.1 Å². The number of hydrogen-bond donors (Lipinski definition) is 1. The van der Waals surface area contributed by atoms with Crippen molar-refractivity contribution in [2.75, 3.05) is 5.32 Å². The molecule has 1 N–H and O–H groups in total. The largest absolute Gasteiger partial charge is 0.455 e. The molecule has 1 aliphatic rings. The average molecular weight is 396 g/mol. The fourth-order valence-corrected chi connectivity index (χ4v) is 3.94. The molecule has 0 unspecified atom stereocenters. The first-order valence-electron chi connectivity index (χ1n) is 9.09. The van der Waals surface area contributed by atoms with Crippen LogP contribution in [0.1, 0.15) is 45.6 Å². The maximum Gasteiger partial charge on any atom is 0.416 e. The Kier molecular flexibility index (Phi) is 3.56. The minimum Gasteiger partial charge on any atom is -0.455 e. The van der Waals surface area contributed by atoms with E-state index >= 15 is 0 Å². The number of alkyl halides is 3. The summed E-state index contributed by atoms with van der Waals surface area (Å²) < 4.78 is 44.8. The predicted molar refractivity (Wildman–Crippen MR) is 102 cm³/mol. The molecule has 2 bridgehead atoms. The maximum absolute atomic E-state index is 13.1. The monoisotopic (exact) mass is 396 g/mol. The van der Waals surface area contributed by atoms with Crippen LogP contribution in [0.3, 0.4) is 0 Å². The normalized spacial score (nSPS) is 15.6. The Bertz CT molecular complexity index is 1270. The highest BCUT2D eigenvalue weighted by molar-refractivity contribution is 6.19.